The number of hydrogen-bond acceptors (Lipinski definition) is 1. The van der Waals surface area contributed by atoms with Gasteiger partial charge in [-0.25, -0.2) is 0 Å². The maximum atomic E-state index is 9.32. The fourth-order valence-corrected chi connectivity index (χ4v) is 6.27. The van der Waals surface area contributed by atoms with E-state index in [4.69, 9.17) is 12.6 Å². The summed E-state index contributed by atoms with van der Waals surface area (Å²) in [6, 6.07) is 31.7. The molecule has 0 aliphatic rings. The fraction of sp³-hybridized carbons (Fsp3) is 0. The van der Waals surface area contributed by atoms with Crippen LogP contribution in [-0.4, -0.2) is 0 Å². The average molecular weight is 528 g/mol. The predicted octanol–water partition coefficient (Wildman–Crippen LogP) is 11.5. The van der Waals surface area contributed by atoms with Crippen LogP contribution < -0.4 is 0 Å². The number of furan rings is 1. The molecule has 0 N–H and O–H groups in total. The molecule has 0 bridgehead atoms. The van der Waals surface area contributed by atoms with Gasteiger partial charge in [-0.05, 0) is 84.2 Å². The van der Waals surface area contributed by atoms with Gasteiger partial charge in [-0.15, -0.1) is 0 Å². The number of hydrogen-bond donors (Lipinski definition) is 0. The van der Waals surface area contributed by atoms with E-state index in [1.807, 2.05) is 60.7 Å². The molecule has 0 amide bonds. The summed E-state index contributed by atoms with van der Waals surface area (Å²) in [5.41, 5.74) is 4.26. The Balaban J connectivity index is 1.39. The van der Waals surface area contributed by atoms with Crippen LogP contribution in [0.5, 0.6) is 0 Å². The van der Waals surface area contributed by atoms with Crippen molar-refractivity contribution in [2.24, 2.45) is 0 Å². The Hall–Kier alpha value is -5.40. The van der Waals surface area contributed by atoms with E-state index < -0.39 is 18.1 Å². The molecular formula is C40H24O. The SMILES string of the molecule is [2H]c1c([2H])c([2H])c2c([2H])c(-c3c4ccccc4c(-c4ccc5c(c4)oc4c6ccccc6ccc54)c4ccccc34)c([2H])c([2H])c2c1[2H]. The number of fused-ring (bicyclic) bond motifs is 8. The molecule has 0 unspecified atom stereocenters. The van der Waals surface area contributed by atoms with Crippen molar-refractivity contribution in [3.05, 3.63) is 145 Å². The minimum atomic E-state index is -0.484. The van der Waals surface area contributed by atoms with Crippen LogP contribution in [0.3, 0.4) is 0 Å². The van der Waals surface area contributed by atoms with Crippen LogP contribution in [0, 0.1) is 0 Å². The van der Waals surface area contributed by atoms with Gasteiger partial charge in [0.2, 0.25) is 0 Å². The summed E-state index contributed by atoms with van der Waals surface area (Å²) in [7, 11) is 0. The van der Waals surface area contributed by atoms with E-state index in [9.17, 15) is 1.37 Å². The molecule has 8 aromatic carbocycles. The standard InChI is InChI=1S/C40H24O/c1-2-11-27-23-28(18-17-25(27)9-1)38-32-13-5-7-15-34(32)39(35-16-8-6-14-33(35)38)29-20-21-31-36-22-19-26-10-3-4-12-30(26)40(36)41-37(31)24-29/h1-24H/i1D,2D,9D,11D,17D,18D,23D. The zero-order valence-corrected chi connectivity index (χ0v) is 21.7. The molecule has 0 saturated carbocycles. The summed E-state index contributed by atoms with van der Waals surface area (Å²) >= 11 is 0. The molecule has 1 nitrogen and oxygen atoms in total. The Morgan fingerprint density at radius 1 is 0.439 bits per heavy atom. The summed E-state index contributed by atoms with van der Waals surface area (Å²) in [6.07, 6.45) is 0. The zero-order valence-electron chi connectivity index (χ0n) is 28.7. The Bertz CT molecular complexity index is 2810. The first-order valence-corrected chi connectivity index (χ1v) is 13.5. The van der Waals surface area contributed by atoms with E-state index in [-0.39, 0.29) is 40.5 Å². The second-order valence-electron chi connectivity index (χ2n) is 10.3. The molecule has 1 aromatic heterocycles. The molecule has 1 heterocycles. The molecule has 9 rings (SSSR count). The largest absolute Gasteiger partial charge is 0.455 e. The van der Waals surface area contributed by atoms with E-state index in [0.29, 0.717) is 5.56 Å². The lowest BCUT2D eigenvalue weighted by Crippen LogP contribution is -1.90. The molecule has 41 heavy (non-hydrogen) atoms. The summed E-state index contributed by atoms with van der Waals surface area (Å²) < 4.78 is 67.5. The van der Waals surface area contributed by atoms with Gasteiger partial charge in [0, 0.05) is 16.2 Å². The van der Waals surface area contributed by atoms with Crippen LogP contribution in [0.4, 0.5) is 0 Å². The van der Waals surface area contributed by atoms with Crippen molar-refractivity contribution in [1.82, 2.24) is 0 Å². The van der Waals surface area contributed by atoms with Gasteiger partial charge in [-0.2, -0.15) is 0 Å². The van der Waals surface area contributed by atoms with Crippen molar-refractivity contribution in [2.45, 2.75) is 0 Å². The molecular weight excluding hydrogens is 496 g/mol. The van der Waals surface area contributed by atoms with Crippen LogP contribution in [0.2, 0.25) is 0 Å². The van der Waals surface area contributed by atoms with Gasteiger partial charge < -0.3 is 4.42 Å². The van der Waals surface area contributed by atoms with E-state index in [2.05, 4.69) is 42.5 Å². The summed E-state index contributed by atoms with van der Waals surface area (Å²) in [5, 5.41) is 7.36. The third-order valence-corrected chi connectivity index (χ3v) is 8.08. The van der Waals surface area contributed by atoms with Crippen LogP contribution >= 0.6 is 0 Å². The van der Waals surface area contributed by atoms with Crippen LogP contribution in [0.15, 0.2) is 150 Å². The molecule has 0 spiro atoms. The highest BCUT2D eigenvalue weighted by atomic mass is 16.3. The maximum absolute atomic E-state index is 9.32. The summed E-state index contributed by atoms with van der Waals surface area (Å²) in [6.45, 7) is 0. The van der Waals surface area contributed by atoms with Crippen LogP contribution in [0.25, 0.3) is 87.3 Å². The third-order valence-electron chi connectivity index (χ3n) is 8.08. The van der Waals surface area contributed by atoms with Crippen molar-refractivity contribution in [3.63, 3.8) is 0 Å². The summed E-state index contributed by atoms with van der Waals surface area (Å²) in [4.78, 5) is 0. The molecule has 190 valence electrons. The topological polar surface area (TPSA) is 13.1 Å². The lowest BCUT2D eigenvalue weighted by Gasteiger charge is -2.18. The Morgan fingerprint density at radius 3 is 1.78 bits per heavy atom. The van der Waals surface area contributed by atoms with Gasteiger partial charge in [0.15, 0.2) is 0 Å². The first-order chi connectivity index (χ1) is 23.3. The van der Waals surface area contributed by atoms with Crippen molar-refractivity contribution in [2.75, 3.05) is 0 Å². The van der Waals surface area contributed by atoms with E-state index >= 15 is 0 Å². The Morgan fingerprint density at radius 2 is 1.05 bits per heavy atom. The van der Waals surface area contributed by atoms with Crippen molar-refractivity contribution < 1.29 is 14.0 Å². The van der Waals surface area contributed by atoms with Gasteiger partial charge in [-0.3, -0.25) is 0 Å². The van der Waals surface area contributed by atoms with E-state index in [0.717, 1.165) is 65.4 Å². The van der Waals surface area contributed by atoms with Crippen molar-refractivity contribution in [1.29, 1.82) is 0 Å². The number of rotatable bonds is 2. The smallest absolute Gasteiger partial charge is 0.143 e. The summed E-state index contributed by atoms with van der Waals surface area (Å²) in [5.74, 6) is 0. The fourth-order valence-electron chi connectivity index (χ4n) is 6.27. The Kier molecular flexibility index (Phi) is 3.47. The molecule has 0 aliphatic carbocycles. The minimum absolute atomic E-state index is 0.0582. The van der Waals surface area contributed by atoms with E-state index in [1.165, 1.54) is 0 Å². The molecule has 0 saturated heterocycles. The minimum Gasteiger partial charge on any atom is -0.455 e. The number of benzene rings is 8. The van der Waals surface area contributed by atoms with Crippen LogP contribution in [0.1, 0.15) is 9.60 Å². The third kappa shape index (κ3) is 3.30. The highest BCUT2D eigenvalue weighted by Gasteiger charge is 2.18. The zero-order chi connectivity index (χ0) is 33.0. The van der Waals surface area contributed by atoms with Crippen LogP contribution in [-0.2, 0) is 0 Å². The van der Waals surface area contributed by atoms with Crippen molar-refractivity contribution in [3.8, 4) is 22.3 Å². The van der Waals surface area contributed by atoms with Gasteiger partial charge in [-0.1, -0.05) is 121 Å². The monoisotopic (exact) mass is 527 g/mol. The van der Waals surface area contributed by atoms with Gasteiger partial charge in [0.1, 0.15) is 11.2 Å². The first-order valence-electron chi connectivity index (χ1n) is 17.0. The lowest BCUT2D eigenvalue weighted by molar-refractivity contribution is 0.673. The van der Waals surface area contributed by atoms with Gasteiger partial charge >= 0.3 is 0 Å². The van der Waals surface area contributed by atoms with Crippen molar-refractivity contribution >= 4 is 65.0 Å². The maximum Gasteiger partial charge on any atom is 0.143 e. The second-order valence-corrected chi connectivity index (χ2v) is 10.3. The first kappa shape index (κ1) is 16.6. The highest BCUT2D eigenvalue weighted by Crippen LogP contribution is 2.45. The quantitative estimate of drug-likeness (QED) is 0.204. The van der Waals surface area contributed by atoms with Gasteiger partial charge in [0.25, 0.3) is 0 Å². The molecule has 0 fully saturated rings. The average Bonchev–Trinajstić information content (AvgIpc) is 3.49. The lowest BCUT2D eigenvalue weighted by atomic mass is 9.85. The molecule has 0 atom stereocenters. The van der Waals surface area contributed by atoms with Gasteiger partial charge in [0.05, 0.1) is 9.60 Å². The second kappa shape index (κ2) is 8.55. The molecule has 9 aromatic rings. The molecule has 1 heteroatoms. The normalized spacial score (nSPS) is 14.3. The molecule has 0 radical (unpaired) electrons. The van der Waals surface area contributed by atoms with E-state index in [1.54, 1.807) is 0 Å². The molecule has 0 aliphatic heterocycles. The Labute approximate surface area is 246 Å². The predicted molar refractivity (Wildman–Crippen MR) is 175 cm³/mol. The highest BCUT2D eigenvalue weighted by molar-refractivity contribution is 6.22.